The molecule has 2 aromatic heterocycles. The van der Waals surface area contributed by atoms with Crippen molar-refractivity contribution in [3.63, 3.8) is 0 Å². The average Bonchev–Trinajstić information content (AvgIpc) is 3.18. The van der Waals surface area contributed by atoms with Crippen molar-refractivity contribution < 1.29 is 19.4 Å². The van der Waals surface area contributed by atoms with Crippen LogP contribution in [-0.4, -0.2) is 54.3 Å². The molecule has 3 heterocycles. The van der Waals surface area contributed by atoms with Crippen molar-refractivity contribution >= 4 is 63.2 Å². The Balaban J connectivity index is 1.23. The minimum Gasteiger partial charge on any atom is -0.494 e. The van der Waals surface area contributed by atoms with Crippen LogP contribution in [0.15, 0.2) is 71.9 Å². The molecule has 0 saturated carbocycles. The van der Waals surface area contributed by atoms with Crippen molar-refractivity contribution in [2.24, 2.45) is 0 Å². The Bertz CT molecular complexity index is 1590. The molecule has 2 aromatic carbocycles. The first-order chi connectivity index (χ1) is 18.4. The number of anilines is 1. The summed E-state index contributed by atoms with van der Waals surface area (Å²) in [5, 5.41) is 8.98. The highest BCUT2D eigenvalue weighted by atomic mass is 32.2. The zero-order valence-corrected chi connectivity index (χ0v) is 21.5. The molecule has 11 heteroatoms. The normalized spacial score (nSPS) is 14.4. The molecule has 0 spiro atoms. The van der Waals surface area contributed by atoms with Crippen LogP contribution in [0.4, 0.5) is 5.95 Å². The fraction of sp³-hybridized carbons (Fsp3) is 0.111. The Morgan fingerprint density at radius 3 is 2.68 bits per heavy atom. The Morgan fingerprint density at radius 1 is 1.08 bits per heavy atom. The fourth-order valence-electron chi connectivity index (χ4n) is 3.85. The maximum absolute atomic E-state index is 13.0. The number of nitrogen functional groups attached to an aromatic ring is 1. The lowest BCUT2D eigenvalue weighted by molar-refractivity contribution is -0.122. The molecular weight excluding hydrogens is 522 g/mol. The molecule has 0 radical (unpaired) electrons. The number of amides is 1. The number of thioether (sulfide) groups is 1. The third-order valence-electron chi connectivity index (χ3n) is 5.74. The zero-order valence-electron chi connectivity index (χ0n) is 19.9. The van der Waals surface area contributed by atoms with E-state index in [0.29, 0.717) is 45.6 Å². The Kier molecular flexibility index (Phi) is 7.29. The molecule has 38 heavy (non-hydrogen) atoms. The van der Waals surface area contributed by atoms with Gasteiger partial charge in [0.1, 0.15) is 15.6 Å². The van der Waals surface area contributed by atoms with Gasteiger partial charge in [0.2, 0.25) is 5.95 Å². The number of carbonyl (C=O) groups excluding carboxylic acids is 1. The number of thiocarbonyl (C=S) groups is 1. The van der Waals surface area contributed by atoms with Crippen molar-refractivity contribution in [2.45, 2.75) is 6.42 Å². The van der Waals surface area contributed by atoms with E-state index in [0.717, 1.165) is 16.7 Å². The number of carboxylic acids is 1. The van der Waals surface area contributed by atoms with Crippen molar-refractivity contribution in [1.29, 1.82) is 0 Å². The van der Waals surface area contributed by atoms with Crippen LogP contribution in [0.1, 0.15) is 22.3 Å². The number of carbonyl (C=O) groups is 2. The molecule has 0 unspecified atom stereocenters. The van der Waals surface area contributed by atoms with E-state index in [-0.39, 0.29) is 17.4 Å². The third kappa shape index (κ3) is 5.63. The van der Waals surface area contributed by atoms with Gasteiger partial charge < -0.3 is 15.6 Å². The average molecular weight is 544 g/mol. The number of rotatable bonds is 8. The first-order valence-corrected chi connectivity index (χ1v) is 12.8. The largest absolute Gasteiger partial charge is 0.494 e. The van der Waals surface area contributed by atoms with E-state index in [1.165, 1.54) is 23.9 Å². The molecule has 0 aliphatic carbocycles. The van der Waals surface area contributed by atoms with Crippen molar-refractivity contribution in [3.8, 4) is 16.9 Å². The number of fused-ring (bicyclic) bond motifs is 1. The first-order valence-electron chi connectivity index (χ1n) is 11.6. The smallest absolute Gasteiger partial charge is 0.335 e. The Labute approximate surface area is 227 Å². The molecule has 3 N–H and O–H groups in total. The number of carboxylic acid groups (broad SMARTS) is 1. The van der Waals surface area contributed by atoms with Crippen LogP contribution in [0, 0.1) is 0 Å². The zero-order chi connectivity index (χ0) is 26.6. The maximum Gasteiger partial charge on any atom is 0.335 e. The minimum absolute atomic E-state index is 0.143. The van der Waals surface area contributed by atoms with Crippen LogP contribution in [0.5, 0.6) is 5.75 Å². The number of nitrogens with two attached hydrogens (primary N) is 1. The van der Waals surface area contributed by atoms with Gasteiger partial charge in [-0.15, -0.1) is 0 Å². The second-order valence-electron chi connectivity index (χ2n) is 8.35. The van der Waals surface area contributed by atoms with Crippen LogP contribution in [0.3, 0.4) is 0 Å². The van der Waals surface area contributed by atoms with Gasteiger partial charge in [-0.05, 0) is 60.0 Å². The highest BCUT2D eigenvalue weighted by Crippen LogP contribution is 2.33. The molecule has 1 amide bonds. The Hall–Kier alpha value is -4.35. The molecular formula is C27H21N5O4S2. The summed E-state index contributed by atoms with van der Waals surface area (Å²) in [7, 11) is 0. The molecule has 0 atom stereocenters. The summed E-state index contributed by atoms with van der Waals surface area (Å²) in [6, 6.07) is 15.9. The minimum atomic E-state index is -0.989. The van der Waals surface area contributed by atoms with Gasteiger partial charge >= 0.3 is 5.97 Å². The molecule has 4 aromatic rings. The summed E-state index contributed by atoms with van der Waals surface area (Å²) in [6.45, 7) is 0.782. The molecule has 5 rings (SSSR count). The predicted molar refractivity (Wildman–Crippen MR) is 151 cm³/mol. The van der Waals surface area contributed by atoms with Crippen molar-refractivity contribution in [3.05, 3.63) is 83.0 Å². The van der Waals surface area contributed by atoms with Crippen LogP contribution >= 0.6 is 24.0 Å². The summed E-state index contributed by atoms with van der Waals surface area (Å²) >= 11 is 6.72. The Morgan fingerprint density at radius 2 is 1.89 bits per heavy atom. The van der Waals surface area contributed by atoms with Crippen molar-refractivity contribution in [2.75, 3.05) is 18.9 Å². The van der Waals surface area contributed by atoms with E-state index >= 15 is 0 Å². The first kappa shape index (κ1) is 25.3. The van der Waals surface area contributed by atoms with Gasteiger partial charge in [-0.25, -0.2) is 14.8 Å². The molecule has 9 nitrogen and oxygen atoms in total. The van der Waals surface area contributed by atoms with E-state index in [9.17, 15) is 9.59 Å². The summed E-state index contributed by atoms with van der Waals surface area (Å²) in [4.78, 5) is 38.7. The second-order valence-corrected chi connectivity index (χ2v) is 10.0. The summed E-state index contributed by atoms with van der Waals surface area (Å²) < 4.78 is 6.17. The molecule has 0 bridgehead atoms. The van der Waals surface area contributed by atoms with Gasteiger partial charge in [0.05, 0.1) is 28.8 Å². The topological polar surface area (TPSA) is 132 Å². The third-order valence-corrected chi connectivity index (χ3v) is 7.12. The number of benzene rings is 2. The van der Waals surface area contributed by atoms with Gasteiger partial charge in [-0.1, -0.05) is 42.2 Å². The summed E-state index contributed by atoms with van der Waals surface area (Å²) in [6.07, 6.45) is 5.74. The number of aromatic carboxylic acids is 1. The van der Waals surface area contributed by atoms with Gasteiger partial charge in [-0.2, -0.15) is 0 Å². The predicted octanol–water partition coefficient (Wildman–Crippen LogP) is 4.64. The van der Waals surface area contributed by atoms with E-state index in [4.69, 9.17) is 27.8 Å². The SMILES string of the molecule is Nc1ncc2ncc(-c3cccc(/C=C4\SC(=S)N(CCCOc5ccc(C(=O)O)cc5)C4=O)c3)cc2n1. The monoisotopic (exact) mass is 543 g/mol. The van der Waals surface area contributed by atoms with Gasteiger partial charge in [0.25, 0.3) is 5.91 Å². The van der Waals surface area contributed by atoms with E-state index in [2.05, 4.69) is 15.0 Å². The van der Waals surface area contributed by atoms with Gasteiger partial charge in [-0.3, -0.25) is 14.7 Å². The number of ether oxygens (including phenoxy) is 1. The molecule has 190 valence electrons. The number of aromatic nitrogens is 3. The fourth-order valence-corrected chi connectivity index (χ4v) is 5.16. The molecule has 1 fully saturated rings. The number of hydrogen-bond donors (Lipinski definition) is 2. The van der Waals surface area contributed by atoms with Crippen LogP contribution in [-0.2, 0) is 4.79 Å². The highest BCUT2D eigenvalue weighted by molar-refractivity contribution is 8.26. The van der Waals surface area contributed by atoms with E-state index in [1.807, 2.05) is 36.4 Å². The summed E-state index contributed by atoms with van der Waals surface area (Å²) in [5.74, 6) is -0.376. The molecule has 1 aliphatic heterocycles. The lowest BCUT2D eigenvalue weighted by Crippen LogP contribution is -2.29. The van der Waals surface area contributed by atoms with Gasteiger partial charge in [0, 0.05) is 18.3 Å². The molecule has 1 saturated heterocycles. The second kappa shape index (κ2) is 11.0. The van der Waals surface area contributed by atoms with Gasteiger partial charge in [0.15, 0.2) is 0 Å². The lowest BCUT2D eigenvalue weighted by atomic mass is 10.0. The number of hydrogen-bond acceptors (Lipinski definition) is 9. The number of nitrogens with zero attached hydrogens (tertiary/aromatic N) is 4. The quantitative estimate of drug-likeness (QED) is 0.184. The van der Waals surface area contributed by atoms with Crippen molar-refractivity contribution in [1.82, 2.24) is 19.9 Å². The lowest BCUT2D eigenvalue weighted by Gasteiger charge is -2.14. The van der Waals surface area contributed by atoms with Crippen LogP contribution in [0.25, 0.3) is 28.2 Å². The molecule has 1 aliphatic rings. The van der Waals surface area contributed by atoms with E-state index in [1.54, 1.807) is 29.4 Å². The van der Waals surface area contributed by atoms with Crippen LogP contribution in [0.2, 0.25) is 0 Å². The highest BCUT2D eigenvalue weighted by Gasteiger charge is 2.31. The van der Waals surface area contributed by atoms with Crippen LogP contribution < -0.4 is 10.5 Å². The van der Waals surface area contributed by atoms with E-state index < -0.39 is 5.97 Å². The summed E-state index contributed by atoms with van der Waals surface area (Å²) in [5.41, 5.74) is 9.87. The standard InChI is InChI=1S/C27H21N5O4S2/c28-26-30-15-22-21(31-26)13-19(14-29-22)18-4-1-3-16(11-18)12-23-24(33)32(27(37)38-23)9-2-10-36-20-7-5-17(6-8-20)25(34)35/h1,3-8,11-15H,2,9-10H2,(H,34,35)(H2,28,30,31)/b23-12-. The maximum atomic E-state index is 13.0. The number of pyridine rings is 1.